The van der Waals surface area contributed by atoms with Crippen LogP contribution < -0.4 is 10.9 Å². The number of aromatic nitrogens is 1. The lowest BCUT2D eigenvalue weighted by atomic mass is 9.71. The summed E-state index contributed by atoms with van der Waals surface area (Å²) < 4.78 is 1.52. The summed E-state index contributed by atoms with van der Waals surface area (Å²) in [6.07, 6.45) is 4.53. The number of nitrogens with one attached hydrogen (secondary N) is 1. The van der Waals surface area contributed by atoms with Gasteiger partial charge in [0.15, 0.2) is 0 Å². The van der Waals surface area contributed by atoms with Crippen molar-refractivity contribution in [3.8, 4) is 0 Å². The Morgan fingerprint density at radius 3 is 2.39 bits per heavy atom. The van der Waals surface area contributed by atoms with Gasteiger partial charge in [-0.05, 0) is 42.5 Å². The van der Waals surface area contributed by atoms with Crippen LogP contribution in [0.3, 0.4) is 0 Å². The molecule has 0 bridgehead atoms. The molecule has 1 amide bonds. The van der Waals surface area contributed by atoms with Crippen molar-refractivity contribution >= 4 is 17.5 Å². The number of carbonyl (C=O) groups excluding carboxylic acids is 1. The van der Waals surface area contributed by atoms with Gasteiger partial charge < -0.3 is 9.88 Å². The van der Waals surface area contributed by atoms with Gasteiger partial charge in [0.05, 0.1) is 17.6 Å². The number of carbonyl (C=O) groups is 1. The number of hydrogen-bond acceptors (Lipinski definition) is 2. The SMILES string of the molecule is O=C(NC1(c2ccccc2)CCC1)c1ccc(=O)n(Cc2ccccc2Cl)c1. The van der Waals surface area contributed by atoms with E-state index in [2.05, 4.69) is 17.4 Å². The highest BCUT2D eigenvalue weighted by Crippen LogP contribution is 2.41. The first-order valence-electron chi connectivity index (χ1n) is 9.39. The van der Waals surface area contributed by atoms with Gasteiger partial charge in [0.2, 0.25) is 0 Å². The maximum absolute atomic E-state index is 13.0. The highest BCUT2D eigenvalue weighted by Gasteiger charge is 2.40. The van der Waals surface area contributed by atoms with Gasteiger partial charge in [-0.3, -0.25) is 9.59 Å². The van der Waals surface area contributed by atoms with Gasteiger partial charge in [-0.2, -0.15) is 0 Å². The second kappa shape index (κ2) is 7.64. The topological polar surface area (TPSA) is 51.1 Å². The molecule has 0 spiro atoms. The molecule has 0 saturated heterocycles. The van der Waals surface area contributed by atoms with Gasteiger partial charge in [-0.1, -0.05) is 60.1 Å². The molecule has 1 aliphatic rings. The number of amides is 1. The summed E-state index contributed by atoms with van der Waals surface area (Å²) in [4.78, 5) is 25.2. The van der Waals surface area contributed by atoms with Crippen LogP contribution in [0.15, 0.2) is 77.7 Å². The minimum Gasteiger partial charge on any atom is -0.342 e. The number of pyridine rings is 1. The van der Waals surface area contributed by atoms with E-state index in [1.54, 1.807) is 18.3 Å². The fourth-order valence-electron chi connectivity index (χ4n) is 3.66. The second-order valence-corrected chi connectivity index (χ2v) is 7.64. The van der Waals surface area contributed by atoms with E-state index >= 15 is 0 Å². The standard InChI is InChI=1S/C23H21ClN2O2/c24-20-10-5-4-7-17(20)15-26-16-18(11-12-21(26)27)22(28)25-23(13-6-14-23)19-8-2-1-3-9-19/h1-5,7-12,16H,6,13-15H2,(H,25,28). The summed E-state index contributed by atoms with van der Waals surface area (Å²) in [5.74, 6) is -0.170. The van der Waals surface area contributed by atoms with Crippen LogP contribution in [0.5, 0.6) is 0 Å². The maximum atomic E-state index is 13.0. The Kier molecular flexibility index (Phi) is 5.05. The normalized spacial score (nSPS) is 14.9. The summed E-state index contributed by atoms with van der Waals surface area (Å²) in [5.41, 5.74) is 1.94. The van der Waals surface area contributed by atoms with Crippen LogP contribution in [0.2, 0.25) is 5.02 Å². The Bertz CT molecular complexity index is 1060. The Morgan fingerprint density at radius 1 is 1.00 bits per heavy atom. The van der Waals surface area contributed by atoms with E-state index in [4.69, 9.17) is 11.6 Å². The Labute approximate surface area is 168 Å². The molecule has 4 nitrogen and oxygen atoms in total. The zero-order valence-electron chi connectivity index (χ0n) is 15.4. The van der Waals surface area contributed by atoms with Crippen molar-refractivity contribution in [3.63, 3.8) is 0 Å². The van der Waals surface area contributed by atoms with Crippen molar-refractivity contribution in [1.82, 2.24) is 9.88 Å². The lowest BCUT2D eigenvalue weighted by molar-refractivity contribution is 0.0822. The summed E-state index contributed by atoms with van der Waals surface area (Å²) in [6, 6.07) is 20.5. The fraction of sp³-hybridized carbons (Fsp3) is 0.217. The predicted molar refractivity (Wildman–Crippen MR) is 111 cm³/mol. The van der Waals surface area contributed by atoms with E-state index in [0.717, 1.165) is 30.4 Å². The first kappa shape index (κ1) is 18.5. The molecule has 1 heterocycles. The molecule has 28 heavy (non-hydrogen) atoms. The number of nitrogens with zero attached hydrogens (tertiary/aromatic N) is 1. The Morgan fingerprint density at radius 2 is 1.71 bits per heavy atom. The lowest BCUT2D eigenvalue weighted by Gasteiger charge is -2.43. The predicted octanol–water partition coefficient (Wildman–Crippen LogP) is 4.36. The van der Waals surface area contributed by atoms with Gasteiger partial charge >= 0.3 is 0 Å². The quantitative estimate of drug-likeness (QED) is 0.701. The van der Waals surface area contributed by atoms with E-state index < -0.39 is 0 Å². The third kappa shape index (κ3) is 3.60. The van der Waals surface area contributed by atoms with Crippen LogP contribution in [0, 0.1) is 0 Å². The smallest absolute Gasteiger partial charge is 0.253 e. The second-order valence-electron chi connectivity index (χ2n) is 7.23. The van der Waals surface area contributed by atoms with E-state index in [-0.39, 0.29) is 17.0 Å². The van der Waals surface area contributed by atoms with Crippen molar-refractivity contribution in [2.75, 3.05) is 0 Å². The molecule has 4 rings (SSSR count). The van der Waals surface area contributed by atoms with Gasteiger partial charge in [0, 0.05) is 17.3 Å². The summed E-state index contributed by atoms with van der Waals surface area (Å²) in [5, 5.41) is 3.80. The molecule has 142 valence electrons. The van der Waals surface area contributed by atoms with Crippen LogP contribution in [-0.4, -0.2) is 10.5 Å². The van der Waals surface area contributed by atoms with Crippen LogP contribution in [0.4, 0.5) is 0 Å². The molecule has 1 saturated carbocycles. The zero-order chi connectivity index (χ0) is 19.6. The average molecular weight is 393 g/mol. The number of benzene rings is 2. The Balaban J connectivity index is 1.58. The van der Waals surface area contributed by atoms with Gasteiger partial charge in [-0.15, -0.1) is 0 Å². The van der Waals surface area contributed by atoms with Crippen molar-refractivity contribution < 1.29 is 4.79 Å². The third-order valence-electron chi connectivity index (χ3n) is 5.43. The monoisotopic (exact) mass is 392 g/mol. The minimum atomic E-state index is -0.317. The Hall–Kier alpha value is -2.85. The summed E-state index contributed by atoms with van der Waals surface area (Å²) in [7, 11) is 0. The van der Waals surface area contributed by atoms with Crippen molar-refractivity contribution in [2.24, 2.45) is 0 Å². The van der Waals surface area contributed by atoms with Crippen molar-refractivity contribution in [3.05, 3.63) is 105 Å². The van der Waals surface area contributed by atoms with Crippen LogP contribution in [-0.2, 0) is 12.1 Å². The molecular formula is C23H21ClN2O2. The van der Waals surface area contributed by atoms with Gasteiger partial charge in [0.1, 0.15) is 0 Å². The molecule has 0 aliphatic heterocycles. The highest BCUT2D eigenvalue weighted by atomic mass is 35.5. The van der Waals surface area contributed by atoms with Crippen LogP contribution in [0.25, 0.3) is 0 Å². The minimum absolute atomic E-state index is 0.169. The van der Waals surface area contributed by atoms with E-state index in [0.29, 0.717) is 17.1 Å². The fourth-order valence-corrected chi connectivity index (χ4v) is 3.86. The number of hydrogen-bond donors (Lipinski definition) is 1. The van der Waals surface area contributed by atoms with Crippen LogP contribution >= 0.6 is 11.6 Å². The van der Waals surface area contributed by atoms with E-state index in [1.165, 1.54) is 10.6 Å². The highest BCUT2D eigenvalue weighted by molar-refractivity contribution is 6.31. The number of rotatable bonds is 5. The molecule has 0 atom stereocenters. The average Bonchev–Trinajstić information content (AvgIpc) is 2.68. The molecule has 1 fully saturated rings. The largest absolute Gasteiger partial charge is 0.342 e. The molecule has 1 aromatic heterocycles. The third-order valence-corrected chi connectivity index (χ3v) is 5.80. The molecular weight excluding hydrogens is 372 g/mol. The van der Waals surface area contributed by atoms with Gasteiger partial charge in [-0.25, -0.2) is 0 Å². The first-order valence-corrected chi connectivity index (χ1v) is 9.77. The molecule has 1 aliphatic carbocycles. The van der Waals surface area contributed by atoms with Crippen molar-refractivity contribution in [1.29, 1.82) is 0 Å². The molecule has 2 aromatic carbocycles. The van der Waals surface area contributed by atoms with Gasteiger partial charge in [0.25, 0.3) is 11.5 Å². The molecule has 5 heteroatoms. The van der Waals surface area contributed by atoms with E-state index in [9.17, 15) is 9.59 Å². The molecule has 3 aromatic rings. The maximum Gasteiger partial charge on any atom is 0.253 e. The summed E-state index contributed by atoms with van der Waals surface area (Å²) in [6.45, 7) is 0.323. The molecule has 0 unspecified atom stereocenters. The first-order chi connectivity index (χ1) is 13.6. The molecule has 0 radical (unpaired) electrons. The molecule has 1 N–H and O–H groups in total. The summed E-state index contributed by atoms with van der Waals surface area (Å²) >= 11 is 6.22. The number of halogens is 1. The zero-order valence-corrected chi connectivity index (χ0v) is 16.2. The lowest BCUT2D eigenvalue weighted by Crippen LogP contribution is -2.50. The van der Waals surface area contributed by atoms with Crippen molar-refractivity contribution in [2.45, 2.75) is 31.3 Å². The van der Waals surface area contributed by atoms with Crippen LogP contribution in [0.1, 0.15) is 40.7 Å². The van der Waals surface area contributed by atoms with E-state index in [1.807, 2.05) is 36.4 Å².